The summed E-state index contributed by atoms with van der Waals surface area (Å²) in [6.07, 6.45) is 1.48. The number of piperazine rings is 1. The van der Waals surface area contributed by atoms with Crippen LogP contribution in [0.4, 0.5) is 5.69 Å². The van der Waals surface area contributed by atoms with Gasteiger partial charge in [-0.25, -0.2) is 13.1 Å². The molecule has 4 rings (SSSR count). The predicted molar refractivity (Wildman–Crippen MR) is 120 cm³/mol. The number of sulfonamides is 1. The van der Waals surface area contributed by atoms with Crippen molar-refractivity contribution >= 4 is 21.6 Å². The summed E-state index contributed by atoms with van der Waals surface area (Å²) in [5, 5.41) is 0. The fourth-order valence-electron chi connectivity index (χ4n) is 3.68. The smallest absolute Gasteiger partial charge is 0.254 e. The Morgan fingerprint density at radius 1 is 1.03 bits per heavy atom. The van der Waals surface area contributed by atoms with Crippen molar-refractivity contribution in [2.24, 2.45) is 0 Å². The minimum absolute atomic E-state index is 0.0401. The van der Waals surface area contributed by atoms with Crippen LogP contribution in [-0.2, 0) is 16.6 Å². The van der Waals surface area contributed by atoms with Crippen LogP contribution in [0.5, 0.6) is 5.75 Å². The number of furan rings is 1. The molecule has 1 fully saturated rings. The number of rotatable bonds is 7. The van der Waals surface area contributed by atoms with Crippen molar-refractivity contribution in [3.05, 3.63) is 78.3 Å². The fraction of sp³-hybridized carbons (Fsp3) is 0.261. The standard InChI is InChI=1S/C23H25N3O5S/c1-30-22-10-3-2-9-21(22)25-11-13-26(14-12-25)23(27)18-6-4-8-20(16-18)32(28,29)24-17-19-7-5-15-31-19/h2-10,15-16,24H,11-14,17H2,1H3. The van der Waals surface area contributed by atoms with Crippen molar-refractivity contribution < 1.29 is 22.4 Å². The molecule has 3 aromatic rings. The van der Waals surface area contributed by atoms with Gasteiger partial charge >= 0.3 is 0 Å². The third-order valence-electron chi connectivity index (χ3n) is 5.40. The van der Waals surface area contributed by atoms with Crippen molar-refractivity contribution in [2.45, 2.75) is 11.4 Å². The van der Waals surface area contributed by atoms with Crippen LogP contribution in [0.15, 0.2) is 76.2 Å². The van der Waals surface area contributed by atoms with E-state index in [1.54, 1.807) is 36.3 Å². The summed E-state index contributed by atoms with van der Waals surface area (Å²) >= 11 is 0. The topological polar surface area (TPSA) is 92.1 Å². The quantitative estimate of drug-likeness (QED) is 0.589. The zero-order valence-electron chi connectivity index (χ0n) is 17.7. The van der Waals surface area contributed by atoms with Crippen LogP contribution < -0.4 is 14.4 Å². The van der Waals surface area contributed by atoms with Crippen LogP contribution in [0.3, 0.4) is 0 Å². The first-order chi connectivity index (χ1) is 15.5. The van der Waals surface area contributed by atoms with Crippen LogP contribution in [0.2, 0.25) is 0 Å². The van der Waals surface area contributed by atoms with E-state index in [2.05, 4.69) is 9.62 Å². The molecule has 8 nitrogen and oxygen atoms in total. The minimum Gasteiger partial charge on any atom is -0.495 e. The molecular formula is C23H25N3O5S. The molecule has 168 valence electrons. The maximum atomic E-state index is 13.0. The Kier molecular flexibility index (Phi) is 6.48. The molecule has 1 amide bonds. The summed E-state index contributed by atoms with van der Waals surface area (Å²) in [5.74, 6) is 1.12. The highest BCUT2D eigenvalue weighted by Crippen LogP contribution is 2.28. The summed E-state index contributed by atoms with van der Waals surface area (Å²) in [6.45, 7) is 2.43. The average Bonchev–Trinajstić information content (AvgIpc) is 3.36. The zero-order chi connectivity index (χ0) is 22.6. The number of nitrogens with zero attached hydrogens (tertiary/aromatic N) is 2. The molecule has 32 heavy (non-hydrogen) atoms. The van der Waals surface area contributed by atoms with Crippen LogP contribution >= 0.6 is 0 Å². The van der Waals surface area contributed by atoms with Gasteiger partial charge in [0, 0.05) is 31.7 Å². The SMILES string of the molecule is COc1ccccc1N1CCN(C(=O)c2cccc(S(=O)(=O)NCc3ccco3)c2)CC1. The lowest BCUT2D eigenvalue weighted by atomic mass is 10.1. The van der Waals surface area contributed by atoms with Gasteiger partial charge < -0.3 is 19.0 Å². The molecule has 1 aliphatic heterocycles. The third kappa shape index (κ3) is 4.79. The Bertz CT molecular complexity index is 1170. The lowest BCUT2D eigenvalue weighted by Gasteiger charge is -2.36. The number of amides is 1. The average molecular weight is 456 g/mol. The summed E-state index contributed by atoms with van der Waals surface area (Å²) < 4.78 is 38.4. The molecule has 1 aliphatic rings. The van der Waals surface area contributed by atoms with Crippen molar-refractivity contribution in [3.8, 4) is 5.75 Å². The van der Waals surface area contributed by atoms with Gasteiger partial charge in [0.2, 0.25) is 10.0 Å². The van der Waals surface area contributed by atoms with Crippen LogP contribution in [0, 0.1) is 0 Å². The first-order valence-electron chi connectivity index (χ1n) is 10.3. The molecule has 1 aromatic heterocycles. The molecule has 0 bridgehead atoms. The van der Waals surface area contributed by atoms with E-state index >= 15 is 0 Å². The van der Waals surface area contributed by atoms with Crippen molar-refractivity contribution in [1.29, 1.82) is 0 Å². The van der Waals surface area contributed by atoms with Crippen molar-refractivity contribution in [1.82, 2.24) is 9.62 Å². The number of hydrogen-bond donors (Lipinski definition) is 1. The van der Waals surface area contributed by atoms with Gasteiger partial charge in [0.25, 0.3) is 5.91 Å². The zero-order valence-corrected chi connectivity index (χ0v) is 18.5. The van der Waals surface area contributed by atoms with Crippen molar-refractivity contribution in [2.75, 3.05) is 38.2 Å². The second-order valence-corrected chi connectivity index (χ2v) is 9.15. The normalized spacial score (nSPS) is 14.4. The molecule has 1 saturated heterocycles. The van der Waals surface area contributed by atoms with E-state index in [-0.39, 0.29) is 17.3 Å². The number of ether oxygens (including phenoxy) is 1. The Balaban J connectivity index is 1.42. The van der Waals surface area contributed by atoms with E-state index in [4.69, 9.17) is 9.15 Å². The summed E-state index contributed by atoms with van der Waals surface area (Å²) in [6, 6.07) is 17.3. The number of para-hydroxylation sites is 2. The van der Waals surface area contributed by atoms with E-state index in [0.29, 0.717) is 37.5 Å². The van der Waals surface area contributed by atoms with Gasteiger partial charge in [-0.3, -0.25) is 4.79 Å². The number of hydrogen-bond acceptors (Lipinski definition) is 6. The van der Waals surface area contributed by atoms with E-state index in [1.807, 2.05) is 24.3 Å². The molecule has 0 spiro atoms. The molecule has 0 atom stereocenters. The molecular weight excluding hydrogens is 430 g/mol. The minimum atomic E-state index is -3.78. The Morgan fingerprint density at radius 2 is 1.81 bits per heavy atom. The summed E-state index contributed by atoms with van der Waals surface area (Å²) in [5.41, 5.74) is 1.34. The molecule has 2 aromatic carbocycles. The van der Waals surface area contributed by atoms with Crippen molar-refractivity contribution in [3.63, 3.8) is 0 Å². The van der Waals surface area contributed by atoms with E-state index in [9.17, 15) is 13.2 Å². The molecule has 9 heteroatoms. The fourth-order valence-corrected chi connectivity index (χ4v) is 4.72. The second kappa shape index (κ2) is 9.46. The Hall–Kier alpha value is -3.30. The number of carbonyl (C=O) groups is 1. The lowest BCUT2D eigenvalue weighted by molar-refractivity contribution is 0.0746. The largest absolute Gasteiger partial charge is 0.495 e. The van der Waals surface area contributed by atoms with Gasteiger partial charge in [-0.2, -0.15) is 0 Å². The van der Waals surface area contributed by atoms with Crippen LogP contribution in [0.1, 0.15) is 16.1 Å². The summed E-state index contributed by atoms with van der Waals surface area (Å²) in [7, 11) is -2.14. The maximum Gasteiger partial charge on any atom is 0.254 e. The first-order valence-corrected chi connectivity index (χ1v) is 11.8. The highest BCUT2D eigenvalue weighted by Gasteiger charge is 2.25. The van der Waals surface area contributed by atoms with E-state index in [0.717, 1.165) is 11.4 Å². The van der Waals surface area contributed by atoms with Crippen LogP contribution in [-0.4, -0.2) is 52.5 Å². The lowest BCUT2D eigenvalue weighted by Crippen LogP contribution is -2.48. The number of anilines is 1. The Labute approximate surface area is 187 Å². The van der Waals surface area contributed by atoms with Crippen LogP contribution in [0.25, 0.3) is 0 Å². The van der Waals surface area contributed by atoms with E-state index in [1.165, 1.54) is 18.4 Å². The van der Waals surface area contributed by atoms with Gasteiger partial charge in [-0.1, -0.05) is 18.2 Å². The van der Waals surface area contributed by atoms with Gasteiger partial charge in [0.15, 0.2) is 0 Å². The van der Waals surface area contributed by atoms with Gasteiger partial charge in [-0.15, -0.1) is 0 Å². The number of carbonyl (C=O) groups excluding carboxylic acids is 1. The van der Waals surface area contributed by atoms with Gasteiger partial charge in [0.1, 0.15) is 11.5 Å². The predicted octanol–water partition coefficient (Wildman–Crippen LogP) is 2.73. The molecule has 2 heterocycles. The first kappa shape index (κ1) is 21.9. The highest BCUT2D eigenvalue weighted by molar-refractivity contribution is 7.89. The molecule has 0 aliphatic carbocycles. The van der Waals surface area contributed by atoms with Gasteiger partial charge in [-0.05, 0) is 42.5 Å². The molecule has 0 saturated carbocycles. The monoisotopic (exact) mass is 455 g/mol. The van der Waals surface area contributed by atoms with E-state index < -0.39 is 10.0 Å². The number of benzene rings is 2. The molecule has 1 N–H and O–H groups in total. The number of nitrogens with one attached hydrogen (secondary N) is 1. The molecule has 0 unspecified atom stereocenters. The summed E-state index contributed by atoms with van der Waals surface area (Å²) in [4.78, 5) is 17.0. The van der Waals surface area contributed by atoms with Gasteiger partial charge in [0.05, 0.1) is 30.5 Å². The Morgan fingerprint density at radius 3 is 2.53 bits per heavy atom. The highest BCUT2D eigenvalue weighted by atomic mass is 32.2. The molecule has 0 radical (unpaired) electrons. The second-order valence-electron chi connectivity index (χ2n) is 7.38. The maximum absolute atomic E-state index is 13.0. The third-order valence-corrected chi connectivity index (χ3v) is 6.80. The number of methoxy groups -OCH3 is 1.